The van der Waals surface area contributed by atoms with Crippen LogP contribution in [0.1, 0.15) is 19.3 Å². The molecular weight excluding hydrogens is 218 g/mol. The Kier molecular flexibility index (Phi) is 6.25. The first kappa shape index (κ1) is 13.3. The summed E-state index contributed by atoms with van der Waals surface area (Å²) in [6.45, 7) is 1.05. The van der Waals surface area contributed by atoms with Crippen molar-refractivity contribution in [3.63, 3.8) is 0 Å². The van der Waals surface area contributed by atoms with Crippen LogP contribution >= 0.6 is 0 Å². The average molecular weight is 236 g/mol. The third kappa shape index (κ3) is 5.97. The highest BCUT2D eigenvalue weighted by atomic mass is 19.3. The standard InChI is InChI=1S/C10H18F2N2O2/c11-9(12)7-16-5-3-10(15)14-6-8-2-1-4-13-8/h8-9,13H,1-7H2,(H,14,15). The number of rotatable bonds is 7. The number of nitrogens with one attached hydrogen (secondary N) is 2. The summed E-state index contributed by atoms with van der Waals surface area (Å²) in [6.07, 6.45) is -0.120. The van der Waals surface area contributed by atoms with E-state index in [1.165, 1.54) is 0 Å². The molecule has 0 aromatic carbocycles. The fourth-order valence-corrected chi connectivity index (χ4v) is 1.59. The topological polar surface area (TPSA) is 50.4 Å². The summed E-state index contributed by atoms with van der Waals surface area (Å²) in [5.74, 6) is -0.150. The maximum Gasteiger partial charge on any atom is 0.261 e. The summed E-state index contributed by atoms with van der Waals surface area (Å²) in [7, 11) is 0. The van der Waals surface area contributed by atoms with Crippen molar-refractivity contribution in [2.24, 2.45) is 0 Å². The molecule has 0 radical (unpaired) electrons. The molecule has 0 aliphatic carbocycles. The van der Waals surface area contributed by atoms with E-state index >= 15 is 0 Å². The van der Waals surface area contributed by atoms with Crippen LogP contribution in [0, 0.1) is 0 Å². The molecule has 1 unspecified atom stereocenters. The summed E-state index contributed by atoms with van der Waals surface area (Å²) >= 11 is 0. The number of alkyl halides is 2. The van der Waals surface area contributed by atoms with E-state index in [1.807, 2.05) is 0 Å². The molecule has 1 aliphatic heterocycles. The quantitative estimate of drug-likeness (QED) is 0.634. The Bertz CT molecular complexity index is 209. The summed E-state index contributed by atoms with van der Waals surface area (Å²) in [6, 6.07) is 0.353. The van der Waals surface area contributed by atoms with Crippen molar-refractivity contribution in [2.45, 2.75) is 31.7 Å². The van der Waals surface area contributed by atoms with Crippen LogP contribution in [0.25, 0.3) is 0 Å². The van der Waals surface area contributed by atoms with E-state index in [0.717, 1.165) is 19.4 Å². The molecule has 1 atom stereocenters. The van der Waals surface area contributed by atoms with Crippen LogP contribution in [0.5, 0.6) is 0 Å². The van der Waals surface area contributed by atoms with Crippen molar-refractivity contribution in [3.8, 4) is 0 Å². The largest absolute Gasteiger partial charge is 0.375 e. The number of amides is 1. The van der Waals surface area contributed by atoms with Crippen LogP contribution in [-0.4, -0.2) is 44.7 Å². The van der Waals surface area contributed by atoms with Crippen molar-refractivity contribution in [3.05, 3.63) is 0 Å². The summed E-state index contributed by atoms with van der Waals surface area (Å²) in [5.41, 5.74) is 0. The lowest BCUT2D eigenvalue weighted by molar-refractivity contribution is -0.122. The van der Waals surface area contributed by atoms with Crippen LogP contribution < -0.4 is 10.6 Å². The Labute approximate surface area is 93.7 Å². The predicted molar refractivity (Wildman–Crippen MR) is 55.5 cm³/mol. The minimum absolute atomic E-state index is 0.0499. The zero-order valence-electron chi connectivity index (χ0n) is 9.18. The van der Waals surface area contributed by atoms with Gasteiger partial charge in [0.2, 0.25) is 5.91 Å². The molecule has 0 bridgehead atoms. The summed E-state index contributed by atoms with van der Waals surface area (Å²) in [4.78, 5) is 11.2. The van der Waals surface area contributed by atoms with E-state index in [1.54, 1.807) is 0 Å². The molecule has 4 nitrogen and oxygen atoms in total. The number of hydrogen-bond donors (Lipinski definition) is 2. The van der Waals surface area contributed by atoms with Crippen LogP contribution in [0.2, 0.25) is 0 Å². The molecule has 16 heavy (non-hydrogen) atoms. The van der Waals surface area contributed by atoms with Crippen molar-refractivity contribution in [1.82, 2.24) is 10.6 Å². The smallest absolute Gasteiger partial charge is 0.261 e. The molecule has 1 heterocycles. The first-order valence-corrected chi connectivity index (χ1v) is 5.54. The molecule has 1 fully saturated rings. The molecule has 1 rings (SSSR count). The van der Waals surface area contributed by atoms with Gasteiger partial charge in [-0.05, 0) is 19.4 Å². The van der Waals surface area contributed by atoms with Crippen molar-refractivity contribution < 1.29 is 18.3 Å². The monoisotopic (exact) mass is 236 g/mol. The molecule has 0 saturated carbocycles. The second-order valence-electron chi connectivity index (χ2n) is 3.81. The number of carbonyl (C=O) groups is 1. The van der Waals surface area contributed by atoms with Gasteiger partial charge < -0.3 is 15.4 Å². The number of ether oxygens (including phenoxy) is 1. The van der Waals surface area contributed by atoms with E-state index in [9.17, 15) is 13.6 Å². The van der Waals surface area contributed by atoms with Crippen LogP contribution in [0.4, 0.5) is 8.78 Å². The number of hydrogen-bond acceptors (Lipinski definition) is 3. The molecule has 0 aromatic heterocycles. The minimum Gasteiger partial charge on any atom is -0.375 e. The van der Waals surface area contributed by atoms with E-state index < -0.39 is 13.0 Å². The first-order valence-electron chi connectivity index (χ1n) is 5.54. The van der Waals surface area contributed by atoms with Crippen LogP contribution in [0.15, 0.2) is 0 Å². The molecule has 1 amide bonds. The normalized spacial score (nSPS) is 20.3. The molecular formula is C10H18F2N2O2. The van der Waals surface area contributed by atoms with Gasteiger partial charge in [0.25, 0.3) is 6.43 Å². The van der Waals surface area contributed by atoms with Gasteiger partial charge >= 0.3 is 0 Å². The minimum atomic E-state index is -2.47. The van der Waals surface area contributed by atoms with Crippen molar-refractivity contribution in [1.29, 1.82) is 0 Å². The lowest BCUT2D eigenvalue weighted by atomic mass is 10.2. The zero-order chi connectivity index (χ0) is 11.8. The van der Waals surface area contributed by atoms with Gasteiger partial charge in [0.1, 0.15) is 6.61 Å². The van der Waals surface area contributed by atoms with Crippen LogP contribution in [-0.2, 0) is 9.53 Å². The highest BCUT2D eigenvalue weighted by Gasteiger charge is 2.14. The molecule has 6 heteroatoms. The van der Waals surface area contributed by atoms with Crippen molar-refractivity contribution in [2.75, 3.05) is 26.3 Å². The second-order valence-corrected chi connectivity index (χ2v) is 3.81. The van der Waals surface area contributed by atoms with Gasteiger partial charge in [0.05, 0.1) is 6.61 Å². The van der Waals surface area contributed by atoms with Gasteiger partial charge in [-0.2, -0.15) is 0 Å². The zero-order valence-corrected chi connectivity index (χ0v) is 9.18. The van der Waals surface area contributed by atoms with Crippen molar-refractivity contribution >= 4 is 5.91 Å². The van der Waals surface area contributed by atoms with E-state index in [4.69, 9.17) is 0 Å². The first-order chi connectivity index (χ1) is 7.68. The maximum atomic E-state index is 11.7. The Morgan fingerprint density at radius 2 is 2.38 bits per heavy atom. The Balaban J connectivity index is 1.94. The molecule has 1 aliphatic rings. The lowest BCUT2D eigenvalue weighted by Gasteiger charge is -2.11. The Morgan fingerprint density at radius 3 is 3.00 bits per heavy atom. The second kappa shape index (κ2) is 7.51. The Morgan fingerprint density at radius 1 is 1.56 bits per heavy atom. The summed E-state index contributed by atoms with van der Waals surface area (Å²) in [5, 5.41) is 5.99. The SMILES string of the molecule is O=C(CCOCC(F)F)NCC1CCCN1. The number of halogens is 2. The fraction of sp³-hybridized carbons (Fsp3) is 0.900. The molecule has 94 valence electrons. The fourth-order valence-electron chi connectivity index (χ4n) is 1.59. The number of carbonyl (C=O) groups excluding carboxylic acids is 1. The molecule has 0 aromatic rings. The summed E-state index contributed by atoms with van der Waals surface area (Å²) < 4.78 is 28.0. The lowest BCUT2D eigenvalue weighted by Crippen LogP contribution is -2.37. The van der Waals surface area contributed by atoms with E-state index in [2.05, 4.69) is 15.4 Å². The third-order valence-corrected chi connectivity index (χ3v) is 2.43. The molecule has 2 N–H and O–H groups in total. The van der Waals surface area contributed by atoms with E-state index in [-0.39, 0.29) is 18.9 Å². The van der Waals surface area contributed by atoms with Gasteiger partial charge in [0.15, 0.2) is 0 Å². The highest BCUT2D eigenvalue weighted by molar-refractivity contribution is 5.75. The highest BCUT2D eigenvalue weighted by Crippen LogP contribution is 2.03. The Hall–Kier alpha value is -0.750. The van der Waals surface area contributed by atoms with Gasteiger partial charge in [-0.15, -0.1) is 0 Å². The van der Waals surface area contributed by atoms with Gasteiger partial charge in [0, 0.05) is 19.0 Å². The van der Waals surface area contributed by atoms with Crippen LogP contribution in [0.3, 0.4) is 0 Å². The van der Waals surface area contributed by atoms with E-state index in [0.29, 0.717) is 12.6 Å². The van der Waals surface area contributed by atoms with Gasteiger partial charge in [-0.3, -0.25) is 4.79 Å². The maximum absolute atomic E-state index is 11.7. The average Bonchev–Trinajstić information content (AvgIpc) is 2.74. The third-order valence-electron chi connectivity index (χ3n) is 2.43. The predicted octanol–water partition coefficient (Wildman–Crippen LogP) is 0.526. The van der Waals surface area contributed by atoms with Gasteiger partial charge in [-0.1, -0.05) is 0 Å². The van der Waals surface area contributed by atoms with Gasteiger partial charge in [-0.25, -0.2) is 8.78 Å². The molecule has 1 saturated heterocycles. The molecule has 0 spiro atoms.